The zero-order valence-electron chi connectivity index (χ0n) is 14.4. The molecule has 23 heavy (non-hydrogen) atoms. The molecule has 7 heteroatoms. The summed E-state index contributed by atoms with van der Waals surface area (Å²) in [5.74, 6) is -0.817. The van der Waals surface area contributed by atoms with Crippen LogP contribution < -0.4 is 0 Å². The third kappa shape index (κ3) is 7.76. The highest BCUT2D eigenvalue weighted by Crippen LogP contribution is 2.16. The van der Waals surface area contributed by atoms with E-state index < -0.39 is 0 Å². The van der Waals surface area contributed by atoms with Crippen LogP contribution in [0.5, 0.6) is 0 Å². The normalized spacial score (nSPS) is 20.7. The van der Waals surface area contributed by atoms with Crippen LogP contribution in [0.2, 0.25) is 0 Å². The minimum atomic E-state index is -0.295. The molecule has 0 radical (unpaired) electrons. The summed E-state index contributed by atoms with van der Waals surface area (Å²) in [6.45, 7) is 7.66. The van der Waals surface area contributed by atoms with E-state index in [0.717, 1.165) is 0 Å². The van der Waals surface area contributed by atoms with Gasteiger partial charge in [-0.3, -0.25) is 9.59 Å². The van der Waals surface area contributed by atoms with Crippen LogP contribution in [0.4, 0.5) is 0 Å². The number of hydrogen-bond acceptors (Lipinski definition) is 6. The van der Waals surface area contributed by atoms with Gasteiger partial charge >= 0.3 is 5.97 Å². The van der Waals surface area contributed by atoms with Crippen molar-refractivity contribution < 1.29 is 28.5 Å². The number of rotatable bonds is 4. The quantitative estimate of drug-likeness (QED) is 0.707. The summed E-state index contributed by atoms with van der Waals surface area (Å²) in [5, 5.41) is 0. The Labute approximate surface area is 138 Å². The number of ether oxygens (including phenoxy) is 4. The van der Waals surface area contributed by atoms with Gasteiger partial charge in [0.15, 0.2) is 0 Å². The Kier molecular flexibility index (Phi) is 9.82. The predicted molar refractivity (Wildman–Crippen MR) is 84.0 cm³/mol. The standard InChI is InChI=1S/C16H29NO6/c1-13(12-14(2)16(19)20-3)15(18)17-4-6-21-8-10-23-11-9-22-7-5-17/h13-14H,4-12H2,1-3H3/t13-,14-/m0/s1. The van der Waals surface area contributed by atoms with Crippen molar-refractivity contribution in [3.8, 4) is 0 Å². The van der Waals surface area contributed by atoms with Crippen molar-refractivity contribution in [3.63, 3.8) is 0 Å². The molecule has 0 aromatic heterocycles. The number of hydrogen-bond donors (Lipinski definition) is 0. The molecule has 1 aliphatic heterocycles. The second-order valence-electron chi connectivity index (χ2n) is 5.72. The highest BCUT2D eigenvalue weighted by Gasteiger charge is 2.25. The fourth-order valence-corrected chi connectivity index (χ4v) is 2.46. The lowest BCUT2D eigenvalue weighted by Gasteiger charge is -2.27. The maximum Gasteiger partial charge on any atom is 0.308 e. The molecule has 1 fully saturated rings. The summed E-state index contributed by atoms with van der Waals surface area (Å²) in [7, 11) is 1.36. The van der Waals surface area contributed by atoms with Crippen LogP contribution >= 0.6 is 0 Å². The van der Waals surface area contributed by atoms with Crippen LogP contribution in [-0.2, 0) is 28.5 Å². The molecular weight excluding hydrogens is 302 g/mol. The highest BCUT2D eigenvalue weighted by molar-refractivity contribution is 5.79. The van der Waals surface area contributed by atoms with Crippen LogP contribution in [0, 0.1) is 11.8 Å². The predicted octanol–water partition coefficient (Wildman–Crippen LogP) is 0.714. The molecule has 134 valence electrons. The van der Waals surface area contributed by atoms with E-state index in [0.29, 0.717) is 59.2 Å². The van der Waals surface area contributed by atoms with Gasteiger partial charge < -0.3 is 23.8 Å². The van der Waals surface area contributed by atoms with Crippen molar-refractivity contribution in [3.05, 3.63) is 0 Å². The number of amides is 1. The van der Waals surface area contributed by atoms with E-state index in [9.17, 15) is 9.59 Å². The molecule has 0 spiro atoms. The second-order valence-corrected chi connectivity index (χ2v) is 5.72. The SMILES string of the molecule is COC(=O)[C@@H](C)C[C@H](C)C(=O)N1CCOCCOCCOCC1. The van der Waals surface area contributed by atoms with Crippen LogP contribution in [0.15, 0.2) is 0 Å². The smallest absolute Gasteiger partial charge is 0.308 e. The van der Waals surface area contributed by atoms with E-state index >= 15 is 0 Å². The maximum absolute atomic E-state index is 12.6. The average Bonchev–Trinajstić information content (AvgIpc) is 2.53. The maximum atomic E-state index is 12.6. The van der Waals surface area contributed by atoms with Crippen molar-refractivity contribution in [1.82, 2.24) is 4.90 Å². The first-order valence-corrected chi connectivity index (χ1v) is 8.16. The molecule has 1 aliphatic rings. The third-order valence-corrected chi connectivity index (χ3v) is 3.80. The third-order valence-electron chi connectivity index (χ3n) is 3.80. The lowest BCUT2D eigenvalue weighted by atomic mass is 9.96. The van der Waals surface area contributed by atoms with E-state index in [1.807, 2.05) is 6.92 Å². The van der Waals surface area contributed by atoms with Gasteiger partial charge in [0.1, 0.15) is 0 Å². The van der Waals surface area contributed by atoms with E-state index in [1.165, 1.54) is 7.11 Å². The largest absolute Gasteiger partial charge is 0.469 e. The molecule has 1 heterocycles. The molecule has 0 aromatic rings. The number of carbonyl (C=O) groups excluding carboxylic acids is 2. The molecule has 0 aromatic carbocycles. The van der Waals surface area contributed by atoms with Gasteiger partial charge in [-0.25, -0.2) is 0 Å². The second kappa shape index (κ2) is 11.4. The zero-order chi connectivity index (χ0) is 17.1. The first-order chi connectivity index (χ1) is 11.1. The molecule has 0 unspecified atom stereocenters. The van der Waals surface area contributed by atoms with Gasteiger partial charge in [0.05, 0.1) is 52.7 Å². The van der Waals surface area contributed by atoms with Gasteiger partial charge in [-0.1, -0.05) is 13.8 Å². The summed E-state index contributed by atoms with van der Waals surface area (Å²) in [4.78, 5) is 25.8. The Morgan fingerprint density at radius 1 is 0.913 bits per heavy atom. The summed E-state index contributed by atoms with van der Waals surface area (Å²) < 4.78 is 21.0. The number of nitrogens with zero attached hydrogens (tertiary/aromatic N) is 1. The monoisotopic (exact) mass is 331 g/mol. The highest BCUT2D eigenvalue weighted by atomic mass is 16.5. The number of esters is 1. The Bertz CT molecular complexity index is 350. The number of methoxy groups -OCH3 is 1. The topological polar surface area (TPSA) is 74.3 Å². The molecule has 7 nitrogen and oxygen atoms in total. The molecule has 1 saturated heterocycles. The Morgan fingerprint density at radius 2 is 1.39 bits per heavy atom. The van der Waals surface area contributed by atoms with E-state index in [4.69, 9.17) is 18.9 Å². The van der Waals surface area contributed by atoms with Gasteiger partial charge in [-0.15, -0.1) is 0 Å². The van der Waals surface area contributed by atoms with Gasteiger partial charge in [0.2, 0.25) is 5.91 Å². The molecule has 0 bridgehead atoms. The molecule has 2 atom stereocenters. The fourth-order valence-electron chi connectivity index (χ4n) is 2.46. The molecule has 0 aliphatic carbocycles. The Morgan fingerprint density at radius 3 is 1.87 bits per heavy atom. The van der Waals surface area contributed by atoms with Crippen molar-refractivity contribution in [2.24, 2.45) is 11.8 Å². The number of carbonyl (C=O) groups is 2. The molecular formula is C16H29NO6. The Balaban J connectivity index is 2.52. The van der Waals surface area contributed by atoms with E-state index in [2.05, 4.69) is 0 Å². The van der Waals surface area contributed by atoms with Crippen LogP contribution in [-0.4, -0.2) is 76.6 Å². The summed E-state index contributed by atoms with van der Waals surface area (Å²) in [5.41, 5.74) is 0. The lowest BCUT2D eigenvalue weighted by Crippen LogP contribution is -2.41. The van der Waals surface area contributed by atoms with E-state index in [1.54, 1.807) is 11.8 Å². The van der Waals surface area contributed by atoms with Crippen LogP contribution in [0.1, 0.15) is 20.3 Å². The first-order valence-electron chi connectivity index (χ1n) is 8.16. The minimum Gasteiger partial charge on any atom is -0.469 e. The first kappa shape index (κ1) is 19.9. The summed E-state index contributed by atoms with van der Waals surface area (Å²) in [6.07, 6.45) is 0.470. The van der Waals surface area contributed by atoms with Crippen molar-refractivity contribution in [1.29, 1.82) is 0 Å². The van der Waals surface area contributed by atoms with Gasteiger partial charge in [0, 0.05) is 19.0 Å². The molecule has 1 amide bonds. The summed E-state index contributed by atoms with van der Waals surface area (Å²) >= 11 is 0. The fraction of sp³-hybridized carbons (Fsp3) is 0.875. The molecule has 1 rings (SSSR count). The molecule has 0 saturated carbocycles. The summed E-state index contributed by atoms with van der Waals surface area (Å²) in [6, 6.07) is 0. The average molecular weight is 331 g/mol. The van der Waals surface area contributed by atoms with Gasteiger partial charge in [-0.2, -0.15) is 0 Å². The van der Waals surface area contributed by atoms with Gasteiger partial charge in [0.25, 0.3) is 0 Å². The van der Waals surface area contributed by atoms with Crippen molar-refractivity contribution >= 4 is 11.9 Å². The van der Waals surface area contributed by atoms with E-state index in [-0.39, 0.29) is 23.7 Å². The minimum absolute atomic E-state index is 0.0151. The molecule has 0 N–H and O–H groups in total. The Hall–Kier alpha value is -1.18. The lowest BCUT2D eigenvalue weighted by molar-refractivity contribution is -0.146. The van der Waals surface area contributed by atoms with Crippen molar-refractivity contribution in [2.75, 3.05) is 59.8 Å². The van der Waals surface area contributed by atoms with Crippen LogP contribution in [0.25, 0.3) is 0 Å². The van der Waals surface area contributed by atoms with Crippen LogP contribution in [0.3, 0.4) is 0 Å². The zero-order valence-corrected chi connectivity index (χ0v) is 14.4. The van der Waals surface area contributed by atoms with Crippen molar-refractivity contribution in [2.45, 2.75) is 20.3 Å². The van der Waals surface area contributed by atoms with Gasteiger partial charge in [-0.05, 0) is 6.42 Å².